The summed E-state index contributed by atoms with van der Waals surface area (Å²) >= 11 is 0. The highest BCUT2D eigenvalue weighted by Gasteiger charge is 2.25. The van der Waals surface area contributed by atoms with Gasteiger partial charge in [0, 0.05) is 36.6 Å². The lowest BCUT2D eigenvalue weighted by molar-refractivity contribution is 0.0666. The van der Waals surface area contributed by atoms with Crippen molar-refractivity contribution in [3.63, 3.8) is 0 Å². The Morgan fingerprint density at radius 3 is 2.59 bits per heavy atom. The number of alkyl halides is 1. The van der Waals surface area contributed by atoms with Crippen LogP contribution in [0.5, 0.6) is 0 Å². The highest BCUT2D eigenvalue weighted by Crippen LogP contribution is 2.26. The monoisotopic (exact) mass is 362 g/mol. The Labute approximate surface area is 156 Å². The van der Waals surface area contributed by atoms with Crippen LogP contribution in [0.15, 0.2) is 42.7 Å². The number of nitrogens with zero attached hydrogens (tertiary/aromatic N) is 4. The number of fused-ring (bicyclic) bond motifs is 1. The standard InChI is InChI=1S/C21H19FN4O/c1-14-18-9-12-26(17-5-3-16(23-2)4-6-17)20(18)24-13-19(14)21(27)25-10-7-15(22)8-11-25/h3-6,9,12-13,15H,7-8,10-11H2,1H3. The summed E-state index contributed by atoms with van der Waals surface area (Å²) in [4.78, 5) is 22.5. The summed E-state index contributed by atoms with van der Waals surface area (Å²) in [7, 11) is 0. The average molecular weight is 362 g/mol. The molecule has 1 aliphatic rings. The molecule has 1 fully saturated rings. The number of benzene rings is 1. The van der Waals surface area contributed by atoms with Gasteiger partial charge in [-0.3, -0.25) is 4.79 Å². The molecule has 27 heavy (non-hydrogen) atoms. The first-order valence-corrected chi connectivity index (χ1v) is 8.96. The van der Waals surface area contributed by atoms with E-state index in [0.717, 1.165) is 22.3 Å². The van der Waals surface area contributed by atoms with Crippen molar-refractivity contribution < 1.29 is 9.18 Å². The van der Waals surface area contributed by atoms with Crippen LogP contribution in [0, 0.1) is 13.5 Å². The van der Waals surface area contributed by atoms with Crippen molar-refractivity contribution in [3.05, 3.63) is 65.3 Å². The predicted octanol–water partition coefficient (Wildman–Crippen LogP) is 4.46. The number of carbonyl (C=O) groups excluding carboxylic acids is 1. The first-order chi connectivity index (χ1) is 13.1. The number of pyridine rings is 1. The van der Waals surface area contributed by atoms with Crippen molar-refractivity contribution in [1.29, 1.82) is 0 Å². The van der Waals surface area contributed by atoms with E-state index in [9.17, 15) is 9.18 Å². The molecule has 1 amide bonds. The summed E-state index contributed by atoms with van der Waals surface area (Å²) in [5.74, 6) is -0.0806. The topological polar surface area (TPSA) is 42.5 Å². The van der Waals surface area contributed by atoms with Crippen molar-refractivity contribution in [2.24, 2.45) is 0 Å². The van der Waals surface area contributed by atoms with E-state index in [4.69, 9.17) is 6.57 Å². The van der Waals surface area contributed by atoms with E-state index in [-0.39, 0.29) is 5.91 Å². The minimum absolute atomic E-state index is 0.0806. The summed E-state index contributed by atoms with van der Waals surface area (Å²) in [5, 5.41) is 0.912. The molecule has 6 heteroatoms. The Kier molecular flexibility index (Phi) is 4.36. The zero-order chi connectivity index (χ0) is 19.0. The summed E-state index contributed by atoms with van der Waals surface area (Å²) in [6.07, 6.45) is 3.53. The molecular formula is C21H19FN4O. The normalized spacial score (nSPS) is 15.1. The molecule has 2 aromatic heterocycles. The fraction of sp³-hybridized carbons (Fsp3) is 0.286. The zero-order valence-electron chi connectivity index (χ0n) is 15.0. The van der Waals surface area contributed by atoms with Gasteiger partial charge in [-0.1, -0.05) is 12.1 Å². The van der Waals surface area contributed by atoms with Crippen molar-refractivity contribution in [1.82, 2.24) is 14.5 Å². The molecule has 0 aliphatic carbocycles. The van der Waals surface area contributed by atoms with Gasteiger partial charge < -0.3 is 9.47 Å². The zero-order valence-corrected chi connectivity index (χ0v) is 15.0. The predicted molar refractivity (Wildman–Crippen MR) is 102 cm³/mol. The Morgan fingerprint density at radius 1 is 1.22 bits per heavy atom. The number of piperidine rings is 1. The van der Waals surface area contributed by atoms with E-state index < -0.39 is 6.17 Å². The second-order valence-electron chi connectivity index (χ2n) is 6.81. The van der Waals surface area contributed by atoms with Crippen LogP contribution in [0.25, 0.3) is 21.6 Å². The Bertz CT molecular complexity index is 1040. The van der Waals surface area contributed by atoms with Crippen molar-refractivity contribution in [3.8, 4) is 5.69 Å². The minimum atomic E-state index is -0.806. The maximum Gasteiger partial charge on any atom is 0.255 e. The maximum atomic E-state index is 13.4. The number of likely N-dealkylation sites (tertiary alicyclic amines) is 1. The van der Waals surface area contributed by atoms with Crippen LogP contribution >= 0.6 is 0 Å². The Hall–Kier alpha value is -3.20. The van der Waals surface area contributed by atoms with Crippen LogP contribution in [0.4, 0.5) is 10.1 Å². The maximum absolute atomic E-state index is 13.4. The Morgan fingerprint density at radius 2 is 1.93 bits per heavy atom. The molecule has 0 bridgehead atoms. The number of hydrogen-bond acceptors (Lipinski definition) is 2. The van der Waals surface area contributed by atoms with Crippen LogP contribution in [0.3, 0.4) is 0 Å². The lowest BCUT2D eigenvalue weighted by Crippen LogP contribution is -2.39. The number of hydrogen-bond donors (Lipinski definition) is 0. The van der Waals surface area contributed by atoms with Gasteiger partial charge in [-0.05, 0) is 43.5 Å². The van der Waals surface area contributed by atoms with Gasteiger partial charge in [-0.2, -0.15) is 0 Å². The van der Waals surface area contributed by atoms with E-state index >= 15 is 0 Å². The second kappa shape index (κ2) is 6.84. The number of aryl methyl sites for hydroxylation is 1. The molecule has 3 heterocycles. The molecule has 0 radical (unpaired) electrons. The summed E-state index contributed by atoms with van der Waals surface area (Å²) in [6, 6.07) is 9.25. The van der Waals surface area contributed by atoms with Gasteiger partial charge in [0.05, 0.1) is 12.1 Å². The first-order valence-electron chi connectivity index (χ1n) is 8.96. The molecule has 3 aromatic rings. The molecule has 136 valence electrons. The van der Waals surface area contributed by atoms with Gasteiger partial charge >= 0.3 is 0 Å². The molecule has 4 rings (SSSR count). The van der Waals surface area contributed by atoms with Crippen LogP contribution < -0.4 is 0 Å². The highest BCUT2D eigenvalue weighted by molar-refractivity contribution is 5.99. The smallest absolute Gasteiger partial charge is 0.255 e. The molecule has 0 N–H and O–H groups in total. The van der Waals surface area contributed by atoms with Gasteiger partial charge in [0.25, 0.3) is 5.91 Å². The number of aromatic nitrogens is 2. The van der Waals surface area contributed by atoms with Crippen LogP contribution in [0.2, 0.25) is 0 Å². The van der Waals surface area contributed by atoms with E-state index in [0.29, 0.717) is 37.2 Å². The molecule has 0 atom stereocenters. The summed E-state index contributed by atoms with van der Waals surface area (Å²) in [5.41, 5.74) is 3.71. The molecule has 1 aromatic carbocycles. The van der Waals surface area contributed by atoms with Crippen molar-refractivity contribution in [2.75, 3.05) is 13.1 Å². The molecular weight excluding hydrogens is 343 g/mol. The third kappa shape index (κ3) is 3.06. The summed E-state index contributed by atoms with van der Waals surface area (Å²) in [6.45, 7) is 9.88. The van der Waals surface area contributed by atoms with Crippen LogP contribution in [0.1, 0.15) is 28.8 Å². The molecule has 0 unspecified atom stereocenters. The van der Waals surface area contributed by atoms with Crippen LogP contribution in [-0.4, -0.2) is 39.6 Å². The largest absolute Gasteiger partial charge is 0.338 e. The number of halogens is 1. The van der Waals surface area contributed by atoms with Crippen molar-refractivity contribution in [2.45, 2.75) is 25.9 Å². The SMILES string of the molecule is [C-]#[N+]c1ccc(-n2ccc3c(C)c(C(=O)N4CCC(F)CC4)cnc32)cc1. The fourth-order valence-corrected chi connectivity index (χ4v) is 3.55. The van der Waals surface area contributed by atoms with Gasteiger partial charge in [0.1, 0.15) is 11.8 Å². The minimum Gasteiger partial charge on any atom is -0.338 e. The quantitative estimate of drug-likeness (QED) is 0.632. The second-order valence-corrected chi connectivity index (χ2v) is 6.81. The number of carbonyl (C=O) groups is 1. The first kappa shape index (κ1) is 17.2. The van der Waals surface area contributed by atoms with Gasteiger partial charge in [-0.25, -0.2) is 14.2 Å². The Balaban J connectivity index is 1.69. The molecule has 1 saturated heterocycles. The summed E-state index contributed by atoms with van der Waals surface area (Å²) < 4.78 is 15.3. The average Bonchev–Trinajstić information content (AvgIpc) is 3.13. The lowest BCUT2D eigenvalue weighted by Gasteiger charge is -2.29. The fourth-order valence-electron chi connectivity index (χ4n) is 3.55. The van der Waals surface area contributed by atoms with Gasteiger partial charge in [0.2, 0.25) is 0 Å². The van der Waals surface area contributed by atoms with Crippen molar-refractivity contribution >= 4 is 22.6 Å². The van der Waals surface area contributed by atoms with E-state index in [1.165, 1.54) is 0 Å². The highest BCUT2D eigenvalue weighted by atomic mass is 19.1. The third-order valence-corrected chi connectivity index (χ3v) is 5.18. The molecule has 1 aliphatic heterocycles. The molecule has 5 nitrogen and oxygen atoms in total. The van der Waals surface area contributed by atoms with E-state index in [1.54, 1.807) is 23.2 Å². The van der Waals surface area contributed by atoms with E-state index in [1.807, 2.05) is 35.9 Å². The number of rotatable bonds is 2. The lowest BCUT2D eigenvalue weighted by atomic mass is 10.0. The molecule has 0 spiro atoms. The third-order valence-electron chi connectivity index (χ3n) is 5.18. The number of amides is 1. The van der Waals surface area contributed by atoms with Gasteiger partial charge in [0.15, 0.2) is 5.69 Å². The molecule has 0 saturated carbocycles. The van der Waals surface area contributed by atoms with Gasteiger partial charge in [-0.15, -0.1) is 0 Å². The van der Waals surface area contributed by atoms with E-state index in [2.05, 4.69) is 9.83 Å². The van der Waals surface area contributed by atoms with Crippen LogP contribution in [-0.2, 0) is 0 Å².